The fourth-order valence-corrected chi connectivity index (χ4v) is 3.42. The number of fused-ring (bicyclic) bond motifs is 1. The Kier molecular flexibility index (Phi) is 5.24. The van der Waals surface area contributed by atoms with Gasteiger partial charge in [0.05, 0.1) is 29.8 Å². The molecule has 1 aromatic heterocycles. The van der Waals surface area contributed by atoms with Gasteiger partial charge >= 0.3 is 0 Å². The molecule has 0 spiro atoms. The van der Waals surface area contributed by atoms with Gasteiger partial charge in [-0.25, -0.2) is 0 Å². The van der Waals surface area contributed by atoms with Crippen LogP contribution in [-0.2, 0) is 4.79 Å². The fourth-order valence-electron chi connectivity index (χ4n) is 3.42. The number of nitrogens with one attached hydrogen (secondary N) is 3. The Bertz CT molecular complexity index is 1040. The van der Waals surface area contributed by atoms with Crippen LogP contribution in [0, 0.1) is 6.92 Å². The highest BCUT2D eigenvalue weighted by atomic mass is 16.5. The van der Waals surface area contributed by atoms with Crippen LogP contribution in [0.4, 0.5) is 11.4 Å². The van der Waals surface area contributed by atoms with Crippen LogP contribution < -0.4 is 20.8 Å². The summed E-state index contributed by atoms with van der Waals surface area (Å²) in [6, 6.07) is 7.91. The normalized spacial score (nSPS) is 15.2. The molecule has 0 fully saturated rings. The molecule has 6 heteroatoms. The van der Waals surface area contributed by atoms with E-state index in [0.29, 0.717) is 6.41 Å². The number of allylic oxidation sites excluding steroid dienone is 5. The van der Waals surface area contributed by atoms with Crippen LogP contribution in [0.15, 0.2) is 72.2 Å². The van der Waals surface area contributed by atoms with E-state index in [1.165, 1.54) is 5.57 Å². The van der Waals surface area contributed by atoms with Crippen molar-refractivity contribution in [2.75, 3.05) is 22.6 Å². The third kappa shape index (κ3) is 3.96. The number of rotatable bonds is 6. The average molecular weight is 388 g/mol. The minimum absolute atomic E-state index is 0.700. The van der Waals surface area contributed by atoms with Crippen LogP contribution >= 0.6 is 0 Å². The minimum Gasteiger partial charge on any atom is -0.457 e. The van der Waals surface area contributed by atoms with Crippen molar-refractivity contribution in [1.82, 2.24) is 4.68 Å². The number of hydrogen-bond acceptors (Lipinski definition) is 4. The molecule has 2 heterocycles. The number of nitrogens with zero attached hydrogens (tertiary/aromatic N) is 1. The predicted molar refractivity (Wildman–Crippen MR) is 117 cm³/mol. The zero-order valence-electron chi connectivity index (χ0n) is 16.5. The Morgan fingerprint density at radius 3 is 2.79 bits per heavy atom. The monoisotopic (exact) mass is 388 g/mol. The highest BCUT2D eigenvalue weighted by Gasteiger charge is 2.22. The Balaban J connectivity index is 1.54. The molecule has 3 N–H and O–H groups in total. The summed E-state index contributed by atoms with van der Waals surface area (Å²) >= 11 is 0. The maximum absolute atomic E-state index is 10.9. The van der Waals surface area contributed by atoms with Crippen molar-refractivity contribution >= 4 is 23.5 Å². The average Bonchev–Trinajstić information content (AvgIpc) is 2.88. The van der Waals surface area contributed by atoms with Crippen LogP contribution in [0.1, 0.15) is 24.6 Å². The Morgan fingerprint density at radius 1 is 1.17 bits per heavy atom. The zero-order chi connectivity index (χ0) is 20.2. The number of aromatic nitrogens is 1. The lowest BCUT2D eigenvalue weighted by atomic mass is 10.1. The van der Waals surface area contributed by atoms with E-state index in [4.69, 9.17) is 4.74 Å². The number of benzene rings is 1. The summed E-state index contributed by atoms with van der Waals surface area (Å²) in [6.07, 6.45) is 13.6. The van der Waals surface area contributed by atoms with Gasteiger partial charge in [0.1, 0.15) is 11.5 Å². The van der Waals surface area contributed by atoms with Crippen LogP contribution in [0.2, 0.25) is 0 Å². The lowest BCUT2D eigenvalue weighted by Gasteiger charge is -2.24. The second kappa shape index (κ2) is 8.14. The Labute approximate surface area is 170 Å². The van der Waals surface area contributed by atoms with Crippen LogP contribution in [0.3, 0.4) is 0 Å². The maximum atomic E-state index is 10.9. The molecule has 0 atom stereocenters. The second-order valence-corrected chi connectivity index (χ2v) is 7.03. The van der Waals surface area contributed by atoms with E-state index in [1.807, 2.05) is 60.3 Å². The molecule has 148 valence electrons. The third-order valence-corrected chi connectivity index (χ3v) is 4.96. The van der Waals surface area contributed by atoms with Crippen molar-refractivity contribution in [3.05, 3.63) is 83.4 Å². The van der Waals surface area contributed by atoms with Gasteiger partial charge in [-0.05, 0) is 62.3 Å². The first kappa shape index (κ1) is 18.7. The predicted octanol–water partition coefficient (Wildman–Crippen LogP) is 4.54. The highest BCUT2D eigenvalue weighted by molar-refractivity contribution is 5.85. The van der Waals surface area contributed by atoms with Crippen molar-refractivity contribution in [1.29, 1.82) is 0 Å². The number of hydrogen-bond donors (Lipinski definition) is 3. The maximum Gasteiger partial charge on any atom is 0.211 e. The number of anilines is 2. The van der Waals surface area contributed by atoms with E-state index < -0.39 is 0 Å². The molecule has 2 aliphatic rings. The van der Waals surface area contributed by atoms with Gasteiger partial charge < -0.3 is 20.8 Å². The molecule has 0 unspecified atom stereocenters. The second-order valence-electron chi connectivity index (χ2n) is 7.03. The van der Waals surface area contributed by atoms with Crippen LogP contribution in [0.5, 0.6) is 5.75 Å². The Morgan fingerprint density at radius 2 is 2.00 bits per heavy atom. The van der Waals surface area contributed by atoms with E-state index in [9.17, 15) is 4.79 Å². The summed E-state index contributed by atoms with van der Waals surface area (Å²) in [5, 5.41) is 6.29. The summed E-state index contributed by atoms with van der Waals surface area (Å²) in [6.45, 7) is 4.81. The largest absolute Gasteiger partial charge is 0.457 e. The van der Waals surface area contributed by atoms with Crippen LogP contribution in [-0.4, -0.2) is 17.6 Å². The van der Waals surface area contributed by atoms with Gasteiger partial charge in [0.25, 0.3) is 0 Å². The topological polar surface area (TPSA) is 67.3 Å². The Hall–Kier alpha value is -3.67. The molecule has 1 aliphatic carbocycles. The molecule has 1 amide bonds. The molecule has 0 saturated heterocycles. The lowest BCUT2D eigenvalue weighted by molar-refractivity contribution is -0.105. The first-order chi connectivity index (χ1) is 14.2. The van der Waals surface area contributed by atoms with Gasteiger partial charge in [0.15, 0.2) is 0 Å². The molecule has 2 aromatic rings. The smallest absolute Gasteiger partial charge is 0.211 e. The fraction of sp³-hybridized carbons (Fsp3) is 0.174. The van der Waals surface area contributed by atoms with Crippen molar-refractivity contribution in [2.24, 2.45) is 0 Å². The van der Waals surface area contributed by atoms with E-state index in [0.717, 1.165) is 52.8 Å². The van der Waals surface area contributed by atoms with Crippen molar-refractivity contribution in [3.63, 3.8) is 0 Å². The SMILES string of the molecule is CC1=C(Nc2ccc(OC3=CC=CCC=C3)cc2)c2c(C)c(NC=O)cn2NC1. The van der Waals surface area contributed by atoms with Gasteiger partial charge in [0.2, 0.25) is 6.41 Å². The first-order valence-electron chi connectivity index (χ1n) is 9.60. The third-order valence-electron chi connectivity index (χ3n) is 4.96. The molecule has 6 nitrogen and oxygen atoms in total. The highest BCUT2D eigenvalue weighted by Crippen LogP contribution is 2.32. The zero-order valence-corrected chi connectivity index (χ0v) is 16.5. The van der Waals surface area contributed by atoms with Gasteiger partial charge in [-0.15, -0.1) is 0 Å². The lowest BCUT2D eigenvalue weighted by Crippen LogP contribution is -2.26. The van der Waals surface area contributed by atoms with Gasteiger partial charge in [0, 0.05) is 11.3 Å². The summed E-state index contributed by atoms with van der Waals surface area (Å²) < 4.78 is 7.89. The quantitative estimate of drug-likeness (QED) is 0.636. The van der Waals surface area contributed by atoms with Crippen molar-refractivity contribution in [3.8, 4) is 5.75 Å². The van der Waals surface area contributed by atoms with Gasteiger partial charge in [-0.3, -0.25) is 9.47 Å². The van der Waals surface area contributed by atoms with Crippen LogP contribution in [0.25, 0.3) is 5.70 Å². The van der Waals surface area contributed by atoms with E-state index in [2.05, 4.69) is 35.1 Å². The molecular weight excluding hydrogens is 364 g/mol. The number of amides is 1. The molecule has 0 radical (unpaired) electrons. The number of carbonyl (C=O) groups excluding carboxylic acids is 1. The van der Waals surface area contributed by atoms with Gasteiger partial charge in [-0.2, -0.15) is 0 Å². The standard InChI is InChI=1S/C23H24N4O2/c1-16-13-25-27-14-21(24-15-28)17(2)23(27)22(16)26-18-9-11-20(12-10-18)29-19-7-5-3-4-6-8-19/h3,5-12,14-15,25-26H,4,13H2,1-2H3,(H,24,28). The molecule has 29 heavy (non-hydrogen) atoms. The molecule has 0 bridgehead atoms. The number of carbonyl (C=O) groups is 1. The molecule has 1 aromatic carbocycles. The molecule has 4 rings (SSSR count). The molecule has 0 saturated carbocycles. The van der Waals surface area contributed by atoms with E-state index >= 15 is 0 Å². The minimum atomic E-state index is 0.700. The molecular formula is C23H24N4O2. The van der Waals surface area contributed by atoms with E-state index in [1.54, 1.807) is 0 Å². The van der Waals surface area contributed by atoms with Gasteiger partial charge in [-0.1, -0.05) is 18.2 Å². The first-order valence-corrected chi connectivity index (χ1v) is 9.60. The summed E-state index contributed by atoms with van der Waals surface area (Å²) in [4.78, 5) is 10.9. The summed E-state index contributed by atoms with van der Waals surface area (Å²) in [7, 11) is 0. The molecule has 1 aliphatic heterocycles. The number of ether oxygens (including phenoxy) is 1. The summed E-state index contributed by atoms with van der Waals surface area (Å²) in [5.41, 5.74) is 9.34. The van der Waals surface area contributed by atoms with E-state index in [-0.39, 0.29) is 0 Å². The van der Waals surface area contributed by atoms with Crippen molar-refractivity contribution < 1.29 is 9.53 Å². The summed E-state index contributed by atoms with van der Waals surface area (Å²) in [5.74, 6) is 1.61. The van der Waals surface area contributed by atoms with Crippen molar-refractivity contribution in [2.45, 2.75) is 20.3 Å².